The molecule has 1 aromatic carbocycles. The highest BCUT2D eigenvalue weighted by atomic mass is 19.1. The fourth-order valence-corrected chi connectivity index (χ4v) is 1.93. The summed E-state index contributed by atoms with van der Waals surface area (Å²) in [6, 6.07) is 8.43. The van der Waals surface area contributed by atoms with Crippen LogP contribution in [0.3, 0.4) is 0 Å². The van der Waals surface area contributed by atoms with E-state index in [2.05, 4.69) is 4.98 Å². The van der Waals surface area contributed by atoms with E-state index in [1.165, 1.54) is 12.3 Å². The number of Topliss-reactive ketones (excluding diaryl/α,β-unsaturated/α-hetero) is 1. The minimum absolute atomic E-state index is 0.0526. The van der Waals surface area contributed by atoms with E-state index in [1.54, 1.807) is 38.1 Å². The predicted octanol–water partition coefficient (Wildman–Crippen LogP) is 2.96. The molecule has 1 aromatic heterocycles. The minimum atomic E-state index is -0.824. The number of aromatic nitrogens is 1. The van der Waals surface area contributed by atoms with Gasteiger partial charge in [0.15, 0.2) is 11.6 Å². The molecule has 0 unspecified atom stereocenters. The van der Waals surface area contributed by atoms with Gasteiger partial charge < -0.3 is 5.73 Å². The smallest absolute Gasteiger partial charge is 0.175 e. The first-order valence-electron chi connectivity index (χ1n) is 5.93. The summed E-state index contributed by atoms with van der Waals surface area (Å²) in [4.78, 5) is 16.1. The third kappa shape index (κ3) is 2.47. The molecule has 0 saturated carbocycles. The number of hydrogen-bond acceptors (Lipinski definition) is 3. The van der Waals surface area contributed by atoms with Crippen molar-refractivity contribution in [2.24, 2.45) is 0 Å². The van der Waals surface area contributed by atoms with E-state index < -0.39 is 11.2 Å². The number of rotatable bonds is 3. The summed E-state index contributed by atoms with van der Waals surface area (Å²) in [5.41, 5.74) is 6.28. The second-order valence-corrected chi connectivity index (χ2v) is 4.93. The maximum Gasteiger partial charge on any atom is 0.175 e. The summed E-state index contributed by atoms with van der Waals surface area (Å²) < 4.78 is 13.6. The highest BCUT2D eigenvalue weighted by Gasteiger charge is 2.32. The van der Waals surface area contributed by atoms with Crippen LogP contribution < -0.4 is 5.73 Å². The lowest BCUT2D eigenvalue weighted by Crippen LogP contribution is -2.29. The molecule has 0 atom stereocenters. The van der Waals surface area contributed by atoms with Crippen molar-refractivity contribution in [2.75, 3.05) is 5.73 Å². The molecule has 98 valence electrons. The molecule has 19 heavy (non-hydrogen) atoms. The highest BCUT2D eigenvalue weighted by molar-refractivity contribution is 6.03. The predicted molar refractivity (Wildman–Crippen MR) is 72.4 cm³/mol. The Bertz CT molecular complexity index is 606. The summed E-state index contributed by atoms with van der Waals surface area (Å²) in [5, 5.41) is 0. The number of carbonyl (C=O) groups excluding carboxylic acids is 1. The van der Waals surface area contributed by atoms with Crippen LogP contribution in [0, 0.1) is 5.82 Å². The van der Waals surface area contributed by atoms with Gasteiger partial charge in [-0.05, 0) is 37.6 Å². The second-order valence-electron chi connectivity index (χ2n) is 4.93. The van der Waals surface area contributed by atoms with Crippen LogP contribution in [0.5, 0.6) is 0 Å². The number of anilines is 1. The van der Waals surface area contributed by atoms with Gasteiger partial charge in [0.2, 0.25) is 0 Å². The van der Waals surface area contributed by atoms with Crippen molar-refractivity contribution in [1.29, 1.82) is 0 Å². The molecule has 2 aromatic rings. The summed E-state index contributed by atoms with van der Waals surface area (Å²) in [5.74, 6) is -0.881. The van der Waals surface area contributed by atoms with Gasteiger partial charge in [0.1, 0.15) is 0 Å². The molecule has 4 heteroatoms. The van der Waals surface area contributed by atoms with Crippen LogP contribution >= 0.6 is 0 Å². The zero-order valence-electron chi connectivity index (χ0n) is 10.9. The number of nitrogens with two attached hydrogens (primary N) is 1. The molecule has 0 bridgehead atoms. The Morgan fingerprint density at radius 2 is 1.84 bits per heavy atom. The lowest BCUT2D eigenvalue weighted by molar-refractivity contribution is 0.0904. The van der Waals surface area contributed by atoms with Crippen molar-refractivity contribution in [3.63, 3.8) is 0 Å². The van der Waals surface area contributed by atoms with Gasteiger partial charge in [-0.15, -0.1) is 0 Å². The average Bonchev–Trinajstić information content (AvgIpc) is 2.39. The monoisotopic (exact) mass is 258 g/mol. The zero-order chi connectivity index (χ0) is 14.0. The molecule has 0 aliphatic carbocycles. The molecule has 1 heterocycles. The fourth-order valence-electron chi connectivity index (χ4n) is 1.93. The fraction of sp³-hybridized carbons (Fsp3) is 0.200. The van der Waals surface area contributed by atoms with Crippen molar-refractivity contribution in [3.8, 4) is 0 Å². The normalized spacial score (nSPS) is 11.3. The molecule has 0 aliphatic rings. The molecule has 0 saturated heterocycles. The molecule has 0 radical (unpaired) electrons. The molecule has 2 rings (SSSR count). The van der Waals surface area contributed by atoms with Crippen LogP contribution in [0.4, 0.5) is 10.1 Å². The Balaban J connectivity index is 2.42. The Morgan fingerprint density at radius 3 is 2.42 bits per heavy atom. The quantitative estimate of drug-likeness (QED) is 0.680. The summed E-state index contributed by atoms with van der Waals surface area (Å²) in [7, 11) is 0. The topological polar surface area (TPSA) is 56.0 Å². The number of nitrogen functional groups attached to an aromatic ring is 1. The van der Waals surface area contributed by atoms with Gasteiger partial charge in [0.05, 0.1) is 17.2 Å². The molecule has 0 aliphatic heterocycles. The van der Waals surface area contributed by atoms with Gasteiger partial charge >= 0.3 is 0 Å². The third-order valence-electron chi connectivity index (χ3n) is 3.22. The maximum atomic E-state index is 13.6. The number of ketones is 1. The first-order valence-corrected chi connectivity index (χ1v) is 5.93. The number of pyridine rings is 1. The Hall–Kier alpha value is -2.23. The lowest BCUT2D eigenvalue weighted by Gasteiger charge is -2.24. The van der Waals surface area contributed by atoms with Gasteiger partial charge in [0, 0.05) is 11.9 Å². The molecule has 0 amide bonds. The Kier molecular flexibility index (Phi) is 3.34. The van der Waals surface area contributed by atoms with Crippen LogP contribution in [0.25, 0.3) is 0 Å². The molecule has 2 N–H and O–H groups in total. The van der Waals surface area contributed by atoms with E-state index >= 15 is 0 Å². The first kappa shape index (κ1) is 13.2. The van der Waals surface area contributed by atoms with Crippen LogP contribution in [0.2, 0.25) is 0 Å². The van der Waals surface area contributed by atoms with E-state index in [-0.39, 0.29) is 11.3 Å². The van der Waals surface area contributed by atoms with E-state index in [4.69, 9.17) is 5.73 Å². The Labute approximate surface area is 111 Å². The Morgan fingerprint density at radius 1 is 1.21 bits per heavy atom. The van der Waals surface area contributed by atoms with Gasteiger partial charge in [0.25, 0.3) is 0 Å². The first-order chi connectivity index (χ1) is 8.93. The van der Waals surface area contributed by atoms with Crippen molar-refractivity contribution >= 4 is 11.5 Å². The van der Waals surface area contributed by atoms with E-state index in [0.717, 1.165) is 11.8 Å². The molecule has 0 fully saturated rings. The van der Waals surface area contributed by atoms with Crippen LogP contribution in [0.15, 0.2) is 42.7 Å². The minimum Gasteiger partial charge on any atom is -0.399 e. The highest BCUT2D eigenvalue weighted by Crippen LogP contribution is 2.28. The SMILES string of the molecule is CC(C)(C(=O)c1ccncc1F)c1ccc(N)cc1. The zero-order valence-corrected chi connectivity index (χ0v) is 10.9. The molecular weight excluding hydrogens is 243 g/mol. The van der Waals surface area contributed by atoms with E-state index in [9.17, 15) is 9.18 Å². The van der Waals surface area contributed by atoms with Gasteiger partial charge in [-0.25, -0.2) is 4.39 Å². The third-order valence-corrected chi connectivity index (χ3v) is 3.22. The molecule has 3 nitrogen and oxygen atoms in total. The number of halogens is 1. The molecule has 0 spiro atoms. The number of carbonyl (C=O) groups is 1. The van der Waals surface area contributed by atoms with Crippen molar-refractivity contribution in [1.82, 2.24) is 4.98 Å². The standard InChI is InChI=1S/C15H15FN2O/c1-15(2,10-3-5-11(17)6-4-10)14(19)12-7-8-18-9-13(12)16/h3-9H,17H2,1-2H3. The van der Waals surface area contributed by atoms with Crippen LogP contribution in [0.1, 0.15) is 29.8 Å². The van der Waals surface area contributed by atoms with E-state index in [0.29, 0.717) is 5.69 Å². The van der Waals surface area contributed by atoms with Crippen LogP contribution in [-0.4, -0.2) is 10.8 Å². The second kappa shape index (κ2) is 4.80. The van der Waals surface area contributed by atoms with Crippen molar-refractivity contribution < 1.29 is 9.18 Å². The van der Waals surface area contributed by atoms with Gasteiger partial charge in [-0.1, -0.05) is 12.1 Å². The van der Waals surface area contributed by atoms with Gasteiger partial charge in [-0.2, -0.15) is 0 Å². The summed E-state index contributed by atoms with van der Waals surface area (Å²) in [6.45, 7) is 3.53. The maximum absolute atomic E-state index is 13.6. The number of hydrogen-bond donors (Lipinski definition) is 1. The van der Waals surface area contributed by atoms with Crippen LogP contribution in [-0.2, 0) is 5.41 Å². The summed E-state index contributed by atoms with van der Waals surface area (Å²) in [6.07, 6.45) is 2.46. The number of nitrogens with zero attached hydrogens (tertiary/aromatic N) is 1. The number of benzene rings is 1. The van der Waals surface area contributed by atoms with Crippen molar-refractivity contribution in [2.45, 2.75) is 19.3 Å². The van der Waals surface area contributed by atoms with Gasteiger partial charge in [-0.3, -0.25) is 9.78 Å². The average molecular weight is 258 g/mol. The largest absolute Gasteiger partial charge is 0.399 e. The lowest BCUT2D eigenvalue weighted by atomic mass is 9.78. The van der Waals surface area contributed by atoms with E-state index in [1.807, 2.05) is 0 Å². The molecular formula is C15H15FN2O. The summed E-state index contributed by atoms with van der Waals surface area (Å²) >= 11 is 0. The van der Waals surface area contributed by atoms with Crippen molar-refractivity contribution in [3.05, 3.63) is 59.7 Å².